The fourth-order valence-corrected chi connectivity index (χ4v) is 8.86. The summed E-state index contributed by atoms with van der Waals surface area (Å²) in [6.45, 7) is 2.83. The lowest BCUT2D eigenvalue weighted by Crippen LogP contribution is -2.18. The van der Waals surface area contributed by atoms with Gasteiger partial charge in [-0.05, 0) is 78.9 Å². The Labute approximate surface area is 258 Å². The van der Waals surface area contributed by atoms with Crippen molar-refractivity contribution in [3.63, 3.8) is 0 Å². The molecule has 0 spiro atoms. The average molecular weight is 722 g/mol. The van der Waals surface area contributed by atoms with Gasteiger partial charge in [0, 0.05) is 11.1 Å². The number of nitrogen functional groups attached to an aromatic ring is 1. The molecule has 45 heavy (non-hydrogen) atoms. The first-order valence-corrected chi connectivity index (χ1v) is 19.3. The number of hydrogen-bond donors (Lipinski definition) is 6. The van der Waals surface area contributed by atoms with Gasteiger partial charge in [-0.15, -0.1) is 0 Å². The van der Waals surface area contributed by atoms with Crippen LogP contribution in [-0.4, -0.2) is 55.7 Å². The minimum Gasteiger partial charge on any atom is -0.399 e. The number of sulfonamides is 2. The molecule has 0 aliphatic rings. The van der Waals surface area contributed by atoms with Crippen LogP contribution in [0.15, 0.2) is 85.1 Å². The van der Waals surface area contributed by atoms with E-state index < -0.39 is 86.4 Å². The highest BCUT2D eigenvalue weighted by atomic mass is 32.2. The van der Waals surface area contributed by atoms with E-state index in [0.29, 0.717) is 29.8 Å². The van der Waals surface area contributed by atoms with Gasteiger partial charge in [0.2, 0.25) is 0 Å². The van der Waals surface area contributed by atoms with Crippen molar-refractivity contribution in [3.8, 4) is 0 Å². The number of benzene rings is 4. The Kier molecular flexibility index (Phi) is 8.48. The van der Waals surface area contributed by atoms with Gasteiger partial charge in [0.05, 0.1) is 31.0 Å². The highest BCUT2D eigenvalue weighted by Crippen LogP contribution is 2.37. The predicted octanol–water partition coefficient (Wildman–Crippen LogP) is 2.38. The van der Waals surface area contributed by atoms with Crippen LogP contribution in [0, 0.1) is 13.8 Å². The zero-order chi connectivity index (χ0) is 33.9. The molecule has 16 nitrogen and oxygen atoms in total. The van der Waals surface area contributed by atoms with Crippen LogP contribution in [0.5, 0.6) is 0 Å². The molecular formula is C24H23N3O13S5. The van der Waals surface area contributed by atoms with Gasteiger partial charge in [0.15, 0.2) is 0 Å². The molecule has 4 rings (SSSR count). The molecule has 7 N–H and O–H groups in total. The van der Waals surface area contributed by atoms with Crippen molar-refractivity contribution >= 4 is 78.2 Å². The van der Waals surface area contributed by atoms with Crippen molar-refractivity contribution in [1.82, 2.24) is 0 Å². The second kappa shape index (κ2) is 11.2. The Bertz CT molecular complexity index is 2460. The van der Waals surface area contributed by atoms with Crippen molar-refractivity contribution in [1.29, 1.82) is 0 Å². The van der Waals surface area contributed by atoms with E-state index in [1.165, 1.54) is 44.2 Å². The third-order valence-corrected chi connectivity index (χ3v) is 11.9. The molecule has 0 fully saturated rings. The summed E-state index contributed by atoms with van der Waals surface area (Å²) in [7, 11) is -24.9. The monoisotopic (exact) mass is 721 g/mol. The van der Waals surface area contributed by atoms with Gasteiger partial charge < -0.3 is 5.73 Å². The van der Waals surface area contributed by atoms with Gasteiger partial charge >= 0.3 is 0 Å². The normalized spacial score (nSPS) is 13.1. The lowest BCUT2D eigenvalue weighted by atomic mass is 10.1. The van der Waals surface area contributed by atoms with Gasteiger partial charge in [0.25, 0.3) is 50.4 Å². The predicted molar refractivity (Wildman–Crippen MR) is 162 cm³/mol. The molecule has 0 bridgehead atoms. The molecule has 0 aliphatic heterocycles. The summed E-state index contributed by atoms with van der Waals surface area (Å²) in [5.74, 6) is 0. The number of fused-ring (bicyclic) bond motifs is 1. The van der Waals surface area contributed by atoms with Crippen LogP contribution >= 0.6 is 0 Å². The molecule has 21 heteroatoms. The Balaban J connectivity index is 1.93. The Morgan fingerprint density at radius 3 is 1.58 bits per heavy atom. The van der Waals surface area contributed by atoms with Crippen LogP contribution in [0.2, 0.25) is 0 Å². The van der Waals surface area contributed by atoms with E-state index in [0.717, 1.165) is 6.07 Å². The molecule has 0 heterocycles. The van der Waals surface area contributed by atoms with Crippen LogP contribution in [0.3, 0.4) is 0 Å². The number of aryl methyl sites for hydroxylation is 2. The molecule has 0 aromatic heterocycles. The number of nitrogens with one attached hydrogen (secondary N) is 2. The van der Waals surface area contributed by atoms with Gasteiger partial charge in [-0.3, -0.25) is 23.1 Å². The lowest BCUT2D eigenvalue weighted by molar-refractivity contribution is 0.480. The molecule has 242 valence electrons. The van der Waals surface area contributed by atoms with E-state index >= 15 is 0 Å². The maximum Gasteiger partial charge on any atom is 0.295 e. The van der Waals surface area contributed by atoms with E-state index in [-0.39, 0.29) is 21.8 Å². The molecule has 0 saturated heterocycles. The van der Waals surface area contributed by atoms with E-state index in [1.807, 2.05) is 4.72 Å². The summed E-state index contributed by atoms with van der Waals surface area (Å²) in [6, 6.07) is 9.47. The number of hydrogen-bond acceptors (Lipinski definition) is 11. The lowest BCUT2D eigenvalue weighted by Gasteiger charge is -2.17. The second-order valence-corrected chi connectivity index (χ2v) is 17.2. The van der Waals surface area contributed by atoms with Crippen molar-refractivity contribution in [2.45, 2.75) is 38.3 Å². The summed E-state index contributed by atoms with van der Waals surface area (Å²) in [5, 5.41) is -1.39. The standard InChI is InChI=1S/C24H23N3O13S5/c1-13-3-5-16(25)9-21(13)41(28,29)26-17-6-4-14(2)22(10-17)42(30,31)27-20-11-18(43(32,33)34)7-15-8-19(44(35,36)37)12-23(24(15)20)45(38,39)40/h3-12,26-27H,25H2,1-2H3,(H,32,33,34)(H,35,36,37)(H,38,39,40). The van der Waals surface area contributed by atoms with E-state index in [2.05, 4.69) is 4.72 Å². The molecule has 0 radical (unpaired) electrons. The molecule has 0 amide bonds. The van der Waals surface area contributed by atoms with Crippen LogP contribution < -0.4 is 15.2 Å². The third kappa shape index (κ3) is 7.20. The minimum atomic E-state index is -5.38. The molecule has 4 aromatic rings. The average Bonchev–Trinajstić information content (AvgIpc) is 2.88. The van der Waals surface area contributed by atoms with Crippen molar-refractivity contribution in [2.75, 3.05) is 15.2 Å². The highest BCUT2D eigenvalue weighted by molar-refractivity contribution is 7.93. The largest absolute Gasteiger partial charge is 0.399 e. The van der Waals surface area contributed by atoms with Gasteiger partial charge in [-0.2, -0.15) is 25.3 Å². The highest BCUT2D eigenvalue weighted by Gasteiger charge is 2.28. The summed E-state index contributed by atoms with van der Waals surface area (Å²) in [4.78, 5) is -4.17. The van der Waals surface area contributed by atoms with E-state index in [1.54, 1.807) is 0 Å². The van der Waals surface area contributed by atoms with E-state index in [9.17, 15) is 55.7 Å². The molecular weight excluding hydrogens is 699 g/mol. The maximum atomic E-state index is 13.6. The van der Waals surface area contributed by atoms with Crippen LogP contribution in [0.1, 0.15) is 11.1 Å². The first-order chi connectivity index (χ1) is 20.4. The number of nitrogens with two attached hydrogens (primary N) is 1. The third-order valence-electron chi connectivity index (χ3n) is 6.31. The zero-order valence-electron chi connectivity index (χ0n) is 22.8. The first-order valence-electron chi connectivity index (χ1n) is 12.0. The first kappa shape index (κ1) is 34.1. The van der Waals surface area contributed by atoms with Gasteiger partial charge in [0.1, 0.15) is 4.90 Å². The quantitative estimate of drug-likeness (QED) is 0.107. The van der Waals surface area contributed by atoms with Crippen LogP contribution in [0.25, 0.3) is 10.8 Å². The summed E-state index contributed by atoms with van der Waals surface area (Å²) >= 11 is 0. The maximum absolute atomic E-state index is 13.6. The Morgan fingerprint density at radius 2 is 1.04 bits per heavy atom. The summed E-state index contributed by atoms with van der Waals surface area (Å²) in [6.07, 6.45) is 0. The molecule has 4 aromatic carbocycles. The SMILES string of the molecule is Cc1ccc(N)cc1S(=O)(=O)Nc1ccc(C)c(S(=O)(=O)Nc2cc(S(=O)(=O)O)cc3cc(S(=O)(=O)O)cc(S(=O)(=O)O)c23)c1. The fraction of sp³-hybridized carbons (Fsp3) is 0.0833. The topological polar surface area (TPSA) is 281 Å². The Morgan fingerprint density at radius 1 is 0.556 bits per heavy atom. The molecule has 0 saturated carbocycles. The smallest absolute Gasteiger partial charge is 0.295 e. The minimum absolute atomic E-state index is 0.0319. The van der Waals surface area contributed by atoms with Crippen LogP contribution in [0.4, 0.5) is 17.1 Å². The van der Waals surface area contributed by atoms with Crippen LogP contribution in [-0.2, 0) is 50.4 Å². The number of anilines is 3. The molecule has 0 atom stereocenters. The van der Waals surface area contributed by atoms with E-state index in [4.69, 9.17) is 5.73 Å². The van der Waals surface area contributed by atoms with Gasteiger partial charge in [-0.25, -0.2) is 16.8 Å². The number of rotatable bonds is 9. The molecule has 0 unspecified atom stereocenters. The second-order valence-electron chi connectivity index (χ2n) is 9.63. The summed E-state index contributed by atoms with van der Waals surface area (Å²) < 4.78 is 159. The zero-order valence-corrected chi connectivity index (χ0v) is 26.9. The molecule has 0 aliphatic carbocycles. The van der Waals surface area contributed by atoms with Crippen molar-refractivity contribution < 1.29 is 55.7 Å². The fourth-order valence-electron chi connectivity index (χ4n) is 4.27. The van der Waals surface area contributed by atoms with Gasteiger partial charge in [-0.1, -0.05) is 12.1 Å². The van der Waals surface area contributed by atoms with Crippen molar-refractivity contribution in [3.05, 3.63) is 71.8 Å². The Hall–Kier alpha value is -3.83. The van der Waals surface area contributed by atoms with Crippen molar-refractivity contribution in [2.24, 2.45) is 0 Å². The summed E-state index contributed by atoms with van der Waals surface area (Å²) in [5.41, 5.74) is 5.11.